The van der Waals surface area contributed by atoms with Crippen LogP contribution in [0, 0.1) is 0 Å². The summed E-state index contributed by atoms with van der Waals surface area (Å²) >= 11 is 0. The maximum absolute atomic E-state index is 13.4. The van der Waals surface area contributed by atoms with Gasteiger partial charge in [0, 0.05) is 24.0 Å². The summed E-state index contributed by atoms with van der Waals surface area (Å²) in [6.07, 6.45) is 4.96. The van der Waals surface area contributed by atoms with Crippen molar-refractivity contribution < 1.29 is 13.9 Å². The normalized spacial score (nSPS) is 20.8. The minimum Gasteiger partial charge on any atom is -0.489 e. The predicted octanol–water partition coefficient (Wildman–Crippen LogP) is 4.91. The Kier molecular flexibility index (Phi) is 6.42. The van der Waals surface area contributed by atoms with Gasteiger partial charge in [-0.05, 0) is 68.9 Å². The van der Waals surface area contributed by atoms with Crippen LogP contribution >= 0.6 is 0 Å². The lowest BCUT2D eigenvalue weighted by atomic mass is 9.96. The number of rotatable bonds is 5. The molecule has 0 spiro atoms. The summed E-state index contributed by atoms with van der Waals surface area (Å²) in [5.41, 5.74) is 2.47. The fraction of sp³-hybridized carbons (Fsp3) is 0.429. The Morgan fingerprint density at radius 2 is 1.82 bits per heavy atom. The highest BCUT2D eigenvalue weighted by Crippen LogP contribution is 2.33. The number of carbonyl (C=O) groups is 1. The zero-order chi connectivity index (χ0) is 23.7. The maximum Gasteiger partial charge on any atom is 0.360 e. The third-order valence-electron chi connectivity index (χ3n) is 7.28. The third kappa shape index (κ3) is 4.47. The molecule has 0 bridgehead atoms. The van der Waals surface area contributed by atoms with E-state index in [4.69, 9.17) is 9.15 Å². The molecule has 0 aliphatic carbocycles. The monoisotopic (exact) mass is 460 g/mol. The molecule has 0 radical (unpaired) electrons. The number of carbonyl (C=O) groups excluding carboxylic acids is 1. The number of hydrogen-bond donors (Lipinski definition) is 0. The van der Waals surface area contributed by atoms with Gasteiger partial charge in [-0.1, -0.05) is 36.8 Å². The molecular formula is C28H32N2O4. The summed E-state index contributed by atoms with van der Waals surface area (Å²) in [4.78, 5) is 30.4. The molecule has 1 fully saturated rings. The first kappa shape index (κ1) is 22.7. The molecule has 6 nitrogen and oxygen atoms in total. The van der Waals surface area contributed by atoms with Crippen LogP contribution in [0.5, 0.6) is 5.75 Å². The highest BCUT2D eigenvalue weighted by atomic mass is 16.5. The van der Waals surface area contributed by atoms with Gasteiger partial charge in [0.2, 0.25) is 5.91 Å². The number of fused-ring (bicyclic) bond motifs is 3. The Morgan fingerprint density at radius 1 is 1.06 bits per heavy atom. The fourth-order valence-electron chi connectivity index (χ4n) is 5.39. The van der Waals surface area contributed by atoms with Gasteiger partial charge >= 0.3 is 5.63 Å². The van der Waals surface area contributed by atoms with Crippen molar-refractivity contribution in [2.24, 2.45) is 0 Å². The molecule has 0 saturated carbocycles. The number of nitrogens with zero attached hydrogens (tertiary/aromatic N) is 2. The molecule has 1 amide bonds. The number of aryl methyl sites for hydroxylation is 1. The van der Waals surface area contributed by atoms with E-state index in [1.54, 1.807) is 11.0 Å². The van der Waals surface area contributed by atoms with Crippen molar-refractivity contribution in [1.82, 2.24) is 4.90 Å². The maximum atomic E-state index is 13.4. The first-order valence-electron chi connectivity index (χ1n) is 12.3. The lowest BCUT2D eigenvalue weighted by Crippen LogP contribution is -2.51. The molecule has 2 atom stereocenters. The number of hydrogen-bond acceptors (Lipinski definition) is 5. The van der Waals surface area contributed by atoms with Crippen molar-refractivity contribution in [3.8, 4) is 5.75 Å². The van der Waals surface area contributed by atoms with Crippen LogP contribution in [0.4, 0.5) is 5.69 Å². The average molecular weight is 461 g/mol. The van der Waals surface area contributed by atoms with E-state index in [-0.39, 0.29) is 5.91 Å². The number of likely N-dealkylation sites (tertiary alicyclic amines) is 1. The van der Waals surface area contributed by atoms with Crippen LogP contribution in [-0.2, 0) is 17.8 Å². The van der Waals surface area contributed by atoms with E-state index >= 15 is 0 Å². The van der Waals surface area contributed by atoms with Gasteiger partial charge in [-0.15, -0.1) is 0 Å². The van der Waals surface area contributed by atoms with Crippen LogP contribution in [0.25, 0.3) is 11.0 Å². The fourth-order valence-corrected chi connectivity index (χ4v) is 5.39. The molecule has 1 saturated heterocycles. The number of piperidine rings is 1. The van der Waals surface area contributed by atoms with E-state index in [2.05, 4.69) is 18.7 Å². The Labute approximate surface area is 200 Å². The van der Waals surface area contributed by atoms with Gasteiger partial charge in [0.15, 0.2) is 0 Å². The lowest BCUT2D eigenvalue weighted by Gasteiger charge is -2.40. The zero-order valence-corrected chi connectivity index (χ0v) is 20.0. The van der Waals surface area contributed by atoms with E-state index in [9.17, 15) is 9.59 Å². The van der Waals surface area contributed by atoms with Crippen molar-refractivity contribution in [1.29, 1.82) is 0 Å². The molecule has 2 aliphatic heterocycles. The standard InChI is InChI=1S/C28H32N2O4/c1-19-8-6-9-20(2)30(19)17-26(31)29-15-7-12-23-24-16-22(33-18-21-10-4-3-5-11-21)13-14-25(24)34-28(32)27(23)29/h3-5,10-11,13-14,16,19-20H,6-9,12,15,17-18H2,1-2H3. The van der Waals surface area contributed by atoms with Gasteiger partial charge in [0.1, 0.15) is 23.6 Å². The van der Waals surface area contributed by atoms with Crippen molar-refractivity contribution in [3.63, 3.8) is 0 Å². The smallest absolute Gasteiger partial charge is 0.360 e. The highest BCUT2D eigenvalue weighted by Gasteiger charge is 2.32. The number of amides is 1. The van der Waals surface area contributed by atoms with Crippen molar-refractivity contribution in [2.75, 3.05) is 18.0 Å². The van der Waals surface area contributed by atoms with Crippen LogP contribution in [0.3, 0.4) is 0 Å². The lowest BCUT2D eigenvalue weighted by molar-refractivity contribution is -0.121. The van der Waals surface area contributed by atoms with Crippen LogP contribution in [-0.4, -0.2) is 36.0 Å². The number of ether oxygens (including phenoxy) is 1. The van der Waals surface area contributed by atoms with Gasteiger partial charge in [0.05, 0.1) is 6.54 Å². The molecular weight excluding hydrogens is 428 g/mol. The van der Waals surface area contributed by atoms with E-state index in [0.29, 0.717) is 48.8 Å². The van der Waals surface area contributed by atoms with Gasteiger partial charge in [0.25, 0.3) is 0 Å². The molecule has 2 aliphatic rings. The van der Waals surface area contributed by atoms with Crippen molar-refractivity contribution >= 4 is 22.6 Å². The van der Waals surface area contributed by atoms with Crippen LogP contribution in [0.15, 0.2) is 57.7 Å². The minimum absolute atomic E-state index is 0.0234. The van der Waals surface area contributed by atoms with Gasteiger partial charge < -0.3 is 14.1 Å². The zero-order valence-electron chi connectivity index (χ0n) is 20.0. The van der Waals surface area contributed by atoms with Gasteiger partial charge in [-0.25, -0.2) is 4.79 Å². The summed E-state index contributed by atoms with van der Waals surface area (Å²) in [6, 6.07) is 16.3. The molecule has 178 valence electrons. The summed E-state index contributed by atoms with van der Waals surface area (Å²) in [5, 5.41) is 0.845. The van der Waals surface area contributed by atoms with Crippen molar-refractivity contribution in [2.45, 2.75) is 64.6 Å². The Hall–Kier alpha value is -3.12. The van der Waals surface area contributed by atoms with E-state index in [1.165, 1.54) is 6.42 Å². The predicted molar refractivity (Wildman–Crippen MR) is 133 cm³/mol. The topological polar surface area (TPSA) is 63.0 Å². The van der Waals surface area contributed by atoms with E-state index < -0.39 is 5.63 Å². The number of anilines is 1. The summed E-state index contributed by atoms with van der Waals surface area (Å²) < 4.78 is 11.7. The van der Waals surface area contributed by atoms with Crippen LogP contribution < -0.4 is 15.3 Å². The molecule has 6 heteroatoms. The molecule has 34 heavy (non-hydrogen) atoms. The molecule has 5 rings (SSSR count). The molecule has 3 aromatic rings. The first-order chi connectivity index (χ1) is 16.5. The average Bonchev–Trinajstić information content (AvgIpc) is 2.85. The Morgan fingerprint density at radius 3 is 2.59 bits per heavy atom. The third-order valence-corrected chi connectivity index (χ3v) is 7.28. The minimum atomic E-state index is -0.437. The second kappa shape index (κ2) is 9.63. The molecule has 2 unspecified atom stereocenters. The Bertz CT molecular complexity index is 1230. The quantitative estimate of drug-likeness (QED) is 0.506. The van der Waals surface area contributed by atoms with Gasteiger partial charge in [-0.2, -0.15) is 0 Å². The summed E-state index contributed by atoms with van der Waals surface area (Å²) in [7, 11) is 0. The molecule has 2 aromatic carbocycles. The molecule has 1 aromatic heterocycles. The van der Waals surface area contributed by atoms with Crippen molar-refractivity contribution in [3.05, 3.63) is 70.1 Å². The SMILES string of the molecule is CC1CCCC(C)N1CC(=O)N1CCCc2c1c(=O)oc1ccc(OCc3ccccc3)cc21. The molecule has 0 N–H and O–H groups in total. The highest BCUT2D eigenvalue weighted by molar-refractivity contribution is 5.98. The molecule has 3 heterocycles. The van der Waals surface area contributed by atoms with E-state index in [0.717, 1.165) is 42.2 Å². The number of benzene rings is 2. The second-order valence-corrected chi connectivity index (χ2v) is 9.60. The van der Waals surface area contributed by atoms with Crippen LogP contribution in [0.2, 0.25) is 0 Å². The second-order valence-electron chi connectivity index (χ2n) is 9.60. The van der Waals surface area contributed by atoms with Crippen LogP contribution in [0.1, 0.15) is 50.7 Å². The van der Waals surface area contributed by atoms with Gasteiger partial charge in [-0.3, -0.25) is 9.69 Å². The largest absolute Gasteiger partial charge is 0.489 e. The first-order valence-corrected chi connectivity index (χ1v) is 12.3. The Balaban J connectivity index is 1.44. The van der Waals surface area contributed by atoms with E-state index in [1.807, 2.05) is 42.5 Å². The summed E-state index contributed by atoms with van der Waals surface area (Å²) in [6.45, 7) is 5.71. The summed E-state index contributed by atoms with van der Waals surface area (Å²) in [5.74, 6) is 0.691.